The van der Waals surface area contributed by atoms with Crippen molar-refractivity contribution in [3.8, 4) is 0 Å². The summed E-state index contributed by atoms with van der Waals surface area (Å²) in [5.41, 5.74) is 0.990. The number of thiazole rings is 1. The average Bonchev–Trinajstić information content (AvgIpc) is 3.06. The third-order valence-corrected chi connectivity index (χ3v) is 4.69. The molecule has 1 aliphatic carbocycles. The normalized spacial score (nSPS) is 15.7. The zero-order valence-corrected chi connectivity index (χ0v) is 12.5. The number of anilines is 1. The molecule has 0 amide bonds. The van der Waals surface area contributed by atoms with Gasteiger partial charge in [-0.2, -0.15) is 0 Å². The van der Waals surface area contributed by atoms with E-state index in [0.29, 0.717) is 12.8 Å². The number of hydrogen-bond acceptors (Lipinski definition) is 5. The number of esters is 1. The van der Waals surface area contributed by atoms with Gasteiger partial charge in [-0.1, -0.05) is 12.8 Å². The Hall–Kier alpha value is -1.10. The average molecular weight is 282 g/mol. The van der Waals surface area contributed by atoms with E-state index in [9.17, 15) is 4.79 Å². The fourth-order valence-electron chi connectivity index (χ4n) is 2.58. The van der Waals surface area contributed by atoms with E-state index in [2.05, 4.69) is 21.7 Å². The van der Waals surface area contributed by atoms with Crippen molar-refractivity contribution in [1.29, 1.82) is 0 Å². The smallest absolute Gasteiger partial charge is 0.305 e. The van der Waals surface area contributed by atoms with Crippen LogP contribution in [0.5, 0.6) is 0 Å². The van der Waals surface area contributed by atoms with Crippen LogP contribution in [-0.2, 0) is 16.0 Å². The van der Waals surface area contributed by atoms with Gasteiger partial charge in [-0.3, -0.25) is 4.79 Å². The summed E-state index contributed by atoms with van der Waals surface area (Å²) in [7, 11) is 3.53. The molecule has 1 aromatic heterocycles. The summed E-state index contributed by atoms with van der Waals surface area (Å²) >= 11 is 1.66. The fourth-order valence-corrected chi connectivity index (χ4v) is 3.41. The predicted molar refractivity (Wildman–Crippen MR) is 77.7 cm³/mol. The quantitative estimate of drug-likeness (QED) is 0.752. The lowest BCUT2D eigenvalue weighted by Gasteiger charge is -2.19. The Morgan fingerprint density at radius 1 is 1.53 bits per heavy atom. The molecule has 19 heavy (non-hydrogen) atoms. The molecule has 0 spiro atoms. The van der Waals surface area contributed by atoms with Crippen molar-refractivity contribution in [2.24, 2.45) is 5.92 Å². The Balaban J connectivity index is 1.83. The molecule has 5 heteroatoms. The van der Waals surface area contributed by atoms with Crippen LogP contribution >= 0.6 is 11.3 Å². The molecule has 0 bridgehead atoms. The van der Waals surface area contributed by atoms with Crippen molar-refractivity contribution in [2.45, 2.75) is 38.5 Å². The van der Waals surface area contributed by atoms with Crippen LogP contribution in [0.4, 0.5) is 5.13 Å². The highest BCUT2D eigenvalue weighted by atomic mass is 32.1. The lowest BCUT2D eigenvalue weighted by atomic mass is 10.1. The summed E-state index contributed by atoms with van der Waals surface area (Å²) in [5, 5.41) is 3.11. The molecule has 0 N–H and O–H groups in total. The van der Waals surface area contributed by atoms with Crippen LogP contribution in [-0.4, -0.2) is 31.7 Å². The second-order valence-electron chi connectivity index (χ2n) is 5.23. The first kappa shape index (κ1) is 14.3. The molecule has 4 nitrogen and oxygen atoms in total. The maximum atomic E-state index is 11.1. The van der Waals surface area contributed by atoms with E-state index >= 15 is 0 Å². The highest BCUT2D eigenvalue weighted by Gasteiger charge is 2.18. The number of hydrogen-bond donors (Lipinski definition) is 0. The van der Waals surface area contributed by atoms with E-state index in [-0.39, 0.29) is 5.97 Å². The SMILES string of the molecule is COC(=O)CCc1csc(N(C)CC2CCCC2)n1. The molecule has 0 aromatic carbocycles. The van der Waals surface area contributed by atoms with Gasteiger partial charge in [0.1, 0.15) is 0 Å². The van der Waals surface area contributed by atoms with E-state index in [1.165, 1.54) is 32.8 Å². The van der Waals surface area contributed by atoms with Gasteiger partial charge in [0.25, 0.3) is 0 Å². The van der Waals surface area contributed by atoms with Crippen LogP contribution in [0.25, 0.3) is 0 Å². The van der Waals surface area contributed by atoms with E-state index in [0.717, 1.165) is 23.3 Å². The number of carbonyl (C=O) groups is 1. The Labute approximate surface area is 118 Å². The first-order valence-corrected chi connectivity index (χ1v) is 7.79. The van der Waals surface area contributed by atoms with Gasteiger partial charge in [-0.15, -0.1) is 11.3 Å². The van der Waals surface area contributed by atoms with Gasteiger partial charge < -0.3 is 9.64 Å². The standard InChI is InChI=1S/C14H22N2O2S/c1-16(9-11-5-3-4-6-11)14-15-12(10-19-14)7-8-13(17)18-2/h10-11H,3-9H2,1-2H3. The maximum absolute atomic E-state index is 11.1. The number of methoxy groups -OCH3 is 1. The van der Waals surface area contributed by atoms with Gasteiger partial charge in [-0.25, -0.2) is 4.98 Å². The minimum atomic E-state index is -0.172. The third kappa shape index (κ3) is 4.20. The lowest BCUT2D eigenvalue weighted by molar-refractivity contribution is -0.140. The lowest BCUT2D eigenvalue weighted by Crippen LogP contribution is -2.23. The van der Waals surface area contributed by atoms with Crippen LogP contribution in [0, 0.1) is 5.92 Å². The van der Waals surface area contributed by atoms with E-state index in [1.807, 2.05) is 5.38 Å². The number of aryl methyl sites for hydroxylation is 1. The van der Waals surface area contributed by atoms with Crippen molar-refractivity contribution in [3.63, 3.8) is 0 Å². The Morgan fingerprint density at radius 3 is 2.95 bits per heavy atom. The first-order chi connectivity index (χ1) is 9.19. The molecule has 2 rings (SSSR count). The minimum Gasteiger partial charge on any atom is -0.469 e. The number of nitrogens with zero attached hydrogens (tertiary/aromatic N) is 2. The largest absolute Gasteiger partial charge is 0.469 e. The van der Waals surface area contributed by atoms with Gasteiger partial charge >= 0.3 is 5.97 Å². The van der Waals surface area contributed by atoms with E-state index in [1.54, 1.807) is 11.3 Å². The second-order valence-corrected chi connectivity index (χ2v) is 6.07. The molecule has 0 saturated heterocycles. The molecule has 1 fully saturated rings. The summed E-state index contributed by atoms with van der Waals surface area (Å²) in [6.45, 7) is 1.10. The molecular weight excluding hydrogens is 260 g/mol. The third-order valence-electron chi connectivity index (χ3n) is 3.69. The highest BCUT2D eigenvalue weighted by Crippen LogP contribution is 2.28. The summed E-state index contributed by atoms with van der Waals surface area (Å²) in [6.07, 6.45) is 6.53. The molecule has 0 atom stereocenters. The first-order valence-electron chi connectivity index (χ1n) is 6.91. The number of carbonyl (C=O) groups excluding carboxylic acids is 1. The van der Waals surface area contributed by atoms with Gasteiger partial charge in [-0.05, 0) is 18.8 Å². The van der Waals surface area contributed by atoms with Crippen LogP contribution in [0.15, 0.2) is 5.38 Å². The van der Waals surface area contributed by atoms with Gasteiger partial charge in [0.05, 0.1) is 19.2 Å². The van der Waals surface area contributed by atoms with E-state index in [4.69, 9.17) is 0 Å². The Bertz CT molecular complexity index is 413. The van der Waals surface area contributed by atoms with Crippen LogP contribution in [0.2, 0.25) is 0 Å². The maximum Gasteiger partial charge on any atom is 0.305 e. The van der Waals surface area contributed by atoms with Crippen molar-refractivity contribution in [1.82, 2.24) is 4.98 Å². The number of rotatable bonds is 6. The zero-order valence-electron chi connectivity index (χ0n) is 11.7. The molecule has 1 aliphatic rings. The minimum absolute atomic E-state index is 0.172. The molecule has 106 valence electrons. The Kier molecular flexibility index (Phi) is 5.19. The Morgan fingerprint density at radius 2 is 2.26 bits per heavy atom. The van der Waals surface area contributed by atoms with E-state index < -0.39 is 0 Å². The van der Waals surface area contributed by atoms with Crippen LogP contribution < -0.4 is 4.90 Å². The van der Waals surface area contributed by atoms with Crippen molar-refractivity contribution in [2.75, 3.05) is 25.6 Å². The summed E-state index contributed by atoms with van der Waals surface area (Å²) in [5.74, 6) is 0.654. The monoisotopic (exact) mass is 282 g/mol. The molecule has 1 heterocycles. The van der Waals surface area contributed by atoms with Crippen LogP contribution in [0.1, 0.15) is 37.8 Å². The topological polar surface area (TPSA) is 42.4 Å². The van der Waals surface area contributed by atoms with Crippen molar-refractivity contribution < 1.29 is 9.53 Å². The summed E-state index contributed by atoms with van der Waals surface area (Å²) in [4.78, 5) is 17.9. The van der Waals surface area contributed by atoms with Gasteiger partial charge in [0.2, 0.25) is 0 Å². The van der Waals surface area contributed by atoms with Crippen LogP contribution in [0.3, 0.4) is 0 Å². The number of ether oxygens (including phenoxy) is 1. The summed E-state index contributed by atoms with van der Waals surface area (Å²) < 4.78 is 4.64. The zero-order chi connectivity index (χ0) is 13.7. The molecule has 1 aromatic rings. The molecule has 0 radical (unpaired) electrons. The highest BCUT2D eigenvalue weighted by molar-refractivity contribution is 7.13. The predicted octanol–water partition coefficient (Wildman–Crippen LogP) is 2.88. The molecule has 0 unspecified atom stereocenters. The number of aromatic nitrogens is 1. The summed E-state index contributed by atoms with van der Waals surface area (Å²) in [6, 6.07) is 0. The van der Waals surface area contributed by atoms with Crippen molar-refractivity contribution >= 4 is 22.4 Å². The van der Waals surface area contributed by atoms with Crippen molar-refractivity contribution in [3.05, 3.63) is 11.1 Å². The second kappa shape index (κ2) is 6.89. The fraction of sp³-hybridized carbons (Fsp3) is 0.714. The van der Waals surface area contributed by atoms with Gasteiger partial charge in [0, 0.05) is 25.4 Å². The van der Waals surface area contributed by atoms with Gasteiger partial charge in [0.15, 0.2) is 5.13 Å². The molecular formula is C14H22N2O2S. The molecule has 0 aliphatic heterocycles. The molecule has 1 saturated carbocycles.